The van der Waals surface area contributed by atoms with Gasteiger partial charge in [-0.15, -0.1) is 17.9 Å². The van der Waals surface area contributed by atoms with Gasteiger partial charge in [-0.05, 0) is 47.7 Å². The summed E-state index contributed by atoms with van der Waals surface area (Å²) >= 11 is 1.68. The molecule has 0 saturated heterocycles. The lowest BCUT2D eigenvalue weighted by molar-refractivity contribution is -0.143. The number of nitrogens with zero attached hydrogens (tertiary/aromatic N) is 2. The molecule has 2 aromatic rings. The van der Waals surface area contributed by atoms with Gasteiger partial charge in [0, 0.05) is 23.9 Å². The van der Waals surface area contributed by atoms with Crippen molar-refractivity contribution in [2.75, 3.05) is 26.2 Å². The van der Waals surface area contributed by atoms with Crippen LogP contribution in [0, 0.1) is 11.7 Å². The van der Waals surface area contributed by atoms with Crippen LogP contribution in [0.5, 0.6) is 5.75 Å². The van der Waals surface area contributed by atoms with Crippen molar-refractivity contribution in [3.05, 3.63) is 64.6 Å². The van der Waals surface area contributed by atoms with Gasteiger partial charge in [0.05, 0.1) is 6.04 Å². The summed E-state index contributed by atoms with van der Waals surface area (Å²) in [5.41, 5.74) is 1.08. The average molecular weight is 431 g/mol. The Morgan fingerprint density at radius 1 is 1.33 bits per heavy atom. The van der Waals surface area contributed by atoms with Gasteiger partial charge in [-0.3, -0.25) is 9.59 Å². The van der Waals surface area contributed by atoms with Crippen LogP contribution in [-0.4, -0.2) is 47.9 Å². The highest BCUT2D eigenvalue weighted by Crippen LogP contribution is 2.34. The third-order valence-electron chi connectivity index (χ3n) is 5.12. The van der Waals surface area contributed by atoms with Crippen molar-refractivity contribution in [1.29, 1.82) is 0 Å². The number of rotatable bonds is 8. The molecule has 0 aliphatic carbocycles. The highest BCUT2D eigenvalue weighted by atomic mass is 32.1. The zero-order chi connectivity index (χ0) is 21.7. The summed E-state index contributed by atoms with van der Waals surface area (Å²) in [5, 5.41) is 2.02. The number of carbonyl (C=O) groups excluding carboxylic acids is 2. The number of halogens is 1. The van der Waals surface area contributed by atoms with Crippen molar-refractivity contribution in [1.82, 2.24) is 9.80 Å². The van der Waals surface area contributed by atoms with Crippen molar-refractivity contribution in [3.63, 3.8) is 0 Å². The first kappa shape index (κ1) is 22.0. The molecule has 1 aromatic heterocycles. The van der Waals surface area contributed by atoms with Crippen LogP contribution in [0.4, 0.5) is 4.39 Å². The van der Waals surface area contributed by atoms with E-state index in [4.69, 9.17) is 4.74 Å². The van der Waals surface area contributed by atoms with Crippen LogP contribution < -0.4 is 4.74 Å². The minimum Gasteiger partial charge on any atom is -0.491 e. The molecule has 0 fully saturated rings. The van der Waals surface area contributed by atoms with E-state index >= 15 is 0 Å². The number of ether oxygens (including phenoxy) is 1. The van der Waals surface area contributed by atoms with Crippen molar-refractivity contribution in [2.24, 2.45) is 5.92 Å². The molecule has 7 heteroatoms. The second kappa shape index (κ2) is 9.89. The lowest BCUT2D eigenvalue weighted by Gasteiger charge is -2.37. The van der Waals surface area contributed by atoms with E-state index in [1.807, 2.05) is 25.3 Å². The maximum absolute atomic E-state index is 13.2. The van der Waals surface area contributed by atoms with Gasteiger partial charge < -0.3 is 14.5 Å². The summed E-state index contributed by atoms with van der Waals surface area (Å²) in [5.74, 6) is -0.158. The third kappa shape index (κ3) is 5.08. The summed E-state index contributed by atoms with van der Waals surface area (Å²) in [6.45, 7) is 8.52. The number of carbonyl (C=O) groups is 2. The molecule has 1 aliphatic heterocycles. The Balaban J connectivity index is 1.77. The number of hydrogen-bond donors (Lipinski definition) is 0. The minimum atomic E-state index is -0.325. The lowest BCUT2D eigenvalue weighted by atomic mass is 10.0. The topological polar surface area (TPSA) is 49.9 Å². The normalized spacial score (nSPS) is 15.6. The fourth-order valence-corrected chi connectivity index (χ4v) is 4.52. The van der Waals surface area contributed by atoms with Gasteiger partial charge in [0.25, 0.3) is 0 Å². The number of thiophene rings is 1. The molecular weight excluding hydrogens is 403 g/mol. The Hall–Kier alpha value is -2.67. The van der Waals surface area contributed by atoms with Crippen LogP contribution in [0.15, 0.2) is 48.4 Å². The summed E-state index contributed by atoms with van der Waals surface area (Å²) < 4.78 is 19.1. The maximum Gasteiger partial charge on any atom is 0.242 e. The van der Waals surface area contributed by atoms with Crippen molar-refractivity contribution in [3.8, 4) is 5.75 Å². The van der Waals surface area contributed by atoms with E-state index < -0.39 is 0 Å². The Morgan fingerprint density at radius 2 is 2.07 bits per heavy atom. The standard InChI is InChI=1S/C23H27FN2O3S/c1-4-11-25(23(28)16(2)3)14-22(27)26-12-9-21-19(10-13-30-21)20(26)15-29-18-7-5-17(24)6-8-18/h4-8,10,13,16,20H,1,9,11-12,14-15H2,2-3H3/t20-/m1/s1. The molecule has 30 heavy (non-hydrogen) atoms. The van der Waals surface area contributed by atoms with Crippen molar-refractivity contribution < 1.29 is 18.7 Å². The highest BCUT2D eigenvalue weighted by molar-refractivity contribution is 7.10. The summed E-state index contributed by atoms with van der Waals surface area (Å²) in [4.78, 5) is 30.3. The van der Waals surface area contributed by atoms with E-state index in [-0.39, 0.29) is 42.7 Å². The molecule has 0 radical (unpaired) electrons. The molecule has 3 rings (SSSR count). The number of benzene rings is 1. The van der Waals surface area contributed by atoms with Gasteiger partial charge >= 0.3 is 0 Å². The molecule has 2 amide bonds. The fourth-order valence-electron chi connectivity index (χ4n) is 3.59. The molecule has 0 bridgehead atoms. The predicted molar refractivity (Wildman–Crippen MR) is 116 cm³/mol. The van der Waals surface area contributed by atoms with E-state index in [9.17, 15) is 14.0 Å². The first-order valence-electron chi connectivity index (χ1n) is 10.0. The SMILES string of the molecule is C=CCN(CC(=O)N1CCc2sccc2[C@H]1COc1ccc(F)cc1)C(=O)C(C)C. The molecule has 1 aliphatic rings. The van der Waals surface area contributed by atoms with E-state index in [0.717, 1.165) is 12.0 Å². The molecule has 0 saturated carbocycles. The van der Waals surface area contributed by atoms with Gasteiger partial charge in [0.2, 0.25) is 11.8 Å². The van der Waals surface area contributed by atoms with Crippen LogP contribution >= 0.6 is 11.3 Å². The zero-order valence-electron chi connectivity index (χ0n) is 17.3. The average Bonchev–Trinajstić information content (AvgIpc) is 3.21. The summed E-state index contributed by atoms with van der Waals surface area (Å²) in [6, 6.07) is 7.62. The Labute approximate surface area is 180 Å². The van der Waals surface area contributed by atoms with Crippen molar-refractivity contribution >= 4 is 23.2 Å². The largest absolute Gasteiger partial charge is 0.491 e. The molecule has 160 valence electrons. The van der Waals surface area contributed by atoms with E-state index in [1.54, 1.807) is 39.3 Å². The van der Waals surface area contributed by atoms with Gasteiger partial charge in [0.1, 0.15) is 24.7 Å². The molecule has 2 heterocycles. The van der Waals surface area contributed by atoms with Gasteiger partial charge in [-0.1, -0.05) is 19.9 Å². The quantitative estimate of drug-likeness (QED) is 0.594. The fraction of sp³-hybridized carbons (Fsp3) is 0.391. The van der Waals surface area contributed by atoms with E-state index in [0.29, 0.717) is 18.8 Å². The maximum atomic E-state index is 13.2. The van der Waals surface area contributed by atoms with Crippen LogP contribution in [0.25, 0.3) is 0 Å². The number of hydrogen-bond acceptors (Lipinski definition) is 4. The Bertz CT molecular complexity index is 894. The number of fused-ring (bicyclic) bond motifs is 1. The highest BCUT2D eigenvalue weighted by Gasteiger charge is 2.33. The molecule has 0 unspecified atom stereocenters. The second-order valence-electron chi connectivity index (χ2n) is 7.58. The first-order chi connectivity index (χ1) is 14.4. The lowest BCUT2D eigenvalue weighted by Crippen LogP contribution is -2.48. The van der Waals surface area contributed by atoms with Crippen LogP contribution in [-0.2, 0) is 16.0 Å². The molecular formula is C23H27FN2O3S. The Morgan fingerprint density at radius 3 is 2.73 bits per heavy atom. The number of amides is 2. The monoisotopic (exact) mass is 430 g/mol. The zero-order valence-corrected chi connectivity index (χ0v) is 18.2. The molecule has 0 spiro atoms. The molecule has 5 nitrogen and oxygen atoms in total. The molecule has 1 atom stereocenters. The second-order valence-corrected chi connectivity index (χ2v) is 8.58. The predicted octanol–water partition coefficient (Wildman–Crippen LogP) is 4.06. The van der Waals surface area contributed by atoms with Crippen LogP contribution in [0.2, 0.25) is 0 Å². The third-order valence-corrected chi connectivity index (χ3v) is 6.11. The Kier molecular flexibility index (Phi) is 7.26. The summed E-state index contributed by atoms with van der Waals surface area (Å²) in [7, 11) is 0. The van der Waals surface area contributed by atoms with E-state index in [1.165, 1.54) is 17.0 Å². The van der Waals surface area contributed by atoms with Crippen molar-refractivity contribution in [2.45, 2.75) is 26.3 Å². The molecule has 1 aromatic carbocycles. The van der Waals surface area contributed by atoms with Crippen LogP contribution in [0.1, 0.15) is 30.3 Å². The van der Waals surface area contributed by atoms with Crippen LogP contribution in [0.3, 0.4) is 0 Å². The van der Waals surface area contributed by atoms with Gasteiger partial charge in [-0.25, -0.2) is 4.39 Å². The minimum absolute atomic E-state index is 0.00948. The smallest absolute Gasteiger partial charge is 0.242 e. The summed E-state index contributed by atoms with van der Waals surface area (Å²) in [6.07, 6.45) is 2.42. The van der Waals surface area contributed by atoms with Gasteiger partial charge in [-0.2, -0.15) is 0 Å². The van der Waals surface area contributed by atoms with E-state index in [2.05, 4.69) is 6.58 Å². The molecule has 0 N–H and O–H groups in total. The van der Waals surface area contributed by atoms with Gasteiger partial charge in [0.15, 0.2) is 0 Å². The first-order valence-corrected chi connectivity index (χ1v) is 10.9.